The van der Waals surface area contributed by atoms with Gasteiger partial charge in [0.15, 0.2) is 0 Å². The van der Waals surface area contributed by atoms with Crippen LogP contribution in [0.15, 0.2) is 24.3 Å². The van der Waals surface area contributed by atoms with Gasteiger partial charge in [0.05, 0.1) is 0 Å². The van der Waals surface area contributed by atoms with E-state index in [1.807, 2.05) is 0 Å². The monoisotopic (exact) mass is 271 g/mol. The molecule has 1 aromatic carbocycles. The van der Waals surface area contributed by atoms with E-state index in [0.717, 1.165) is 5.56 Å². The molecule has 98 valence electrons. The summed E-state index contributed by atoms with van der Waals surface area (Å²) in [5, 5.41) is 11.2. The summed E-state index contributed by atoms with van der Waals surface area (Å²) in [6, 6.07) is 7.06. The van der Waals surface area contributed by atoms with Crippen LogP contribution in [-0.4, -0.2) is 24.3 Å². The van der Waals surface area contributed by atoms with Gasteiger partial charge in [0.2, 0.25) is 6.79 Å². The molecule has 2 N–H and O–H groups in total. The van der Waals surface area contributed by atoms with Crippen molar-refractivity contribution in [1.82, 2.24) is 5.32 Å². The summed E-state index contributed by atoms with van der Waals surface area (Å²) in [6.07, 6.45) is 0. The average molecular weight is 271 g/mol. The number of hydrogen-bond donors (Lipinski definition) is 2. The van der Waals surface area contributed by atoms with Gasteiger partial charge < -0.3 is 14.8 Å². The summed E-state index contributed by atoms with van der Waals surface area (Å²) in [7, 11) is 1.67. The first kappa shape index (κ1) is 16.4. The Morgan fingerprint density at radius 3 is 2.50 bits per heavy atom. The van der Waals surface area contributed by atoms with Crippen LogP contribution in [0.4, 0.5) is 0 Å². The van der Waals surface area contributed by atoms with E-state index in [-0.39, 0.29) is 18.6 Å². The van der Waals surface area contributed by atoms with Gasteiger partial charge in [0.25, 0.3) is 5.17 Å². The Morgan fingerprint density at radius 2 is 2.00 bits per heavy atom. The van der Waals surface area contributed by atoms with Crippen LogP contribution in [0.2, 0.25) is 0 Å². The Bertz CT molecular complexity index is 365. The average Bonchev–Trinajstić information content (AvgIpc) is 2.43. The minimum absolute atomic E-state index is 0.0511. The van der Waals surface area contributed by atoms with Crippen LogP contribution in [0.1, 0.15) is 5.56 Å². The molecule has 1 rings (SSSR count). The van der Waals surface area contributed by atoms with Crippen molar-refractivity contribution in [3.63, 3.8) is 0 Å². The standard InChI is InChI=1S/C10H13NO4S.CO/c1-11-10(16)14-7-13-9-4-2-8(3-5-9)6-15-12;1-2/h2-5,12H,6-7H2,1H3,(H,11,16);. The Kier molecular flexibility index (Phi) is 9.57. The van der Waals surface area contributed by atoms with Crippen molar-refractivity contribution in [2.24, 2.45) is 0 Å². The van der Waals surface area contributed by atoms with Crippen molar-refractivity contribution in [2.45, 2.75) is 6.61 Å². The fourth-order valence-corrected chi connectivity index (χ4v) is 1.03. The van der Waals surface area contributed by atoms with E-state index < -0.39 is 0 Å². The zero-order valence-electron chi connectivity index (χ0n) is 9.71. The quantitative estimate of drug-likeness (QED) is 0.211. The number of benzene rings is 1. The molecule has 0 aliphatic rings. The molecule has 0 aliphatic carbocycles. The second-order valence-electron chi connectivity index (χ2n) is 2.86. The zero-order chi connectivity index (χ0) is 13.8. The van der Waals surface area contributed by atoms with E-state index in [4.69, 9.17) is 31.6 Å². The first-order valence-electron chi connectivity index (χ1n) is 4.79. The molecule has 0 spiro atoms. The predicted octanol–water partition coefficient (Wildman–Crippen LogP) is 1.50. The molecule has 7 heteroatoms. The van der Waals surface area contributed by atoms with Crippen LogP contribution in [0.25, 0.3) is 0 Å². The molecule has 0 fully saturated rings. The van der Waals surface area contributed by atoms with Gasteiger partial charge >= 0.3 is 11.3 Å². The van der Waals surface area contributed by atoms with Gasteiger partial charge in [-0.3, -0.25) is 5.26 Å². The van der Waals surface area contributed by atoms with E-state index in [0.29, 0.717) is 5.75 Å². The molecule has 0 unspecified atom stereocenters. The van der Waals surface area contributed by atoms with Gasteiger partial charge in [-0.05, 0) is 29.9 Å². The maximum atomic E-state index is 8.25. The van der Waals surface area contributed by atoms with Crippen LogP contribution in [0.3, 0.4) is 0 Å². The van der Waals surface area contributed by atoms with Crippen molar-refractivity contribution < 1.29 is 24.3 Å². The van der Waals surface area contributed by atoms with Gasteiger partial charge in [-0.15, -0.1) is 0 Å². The van der Waals surface area contributed by atoms with Crippen LogP contribution < -0.4 is 10.1 Å². The van der Waals surface area contributed by atoms with Crippen molar-refractivity contribution in [1.29, 1.82) is 0 Å². The van der Waals surface area contributed by atoms with Crippen molar-refractivity contribution in [3.05, 3.63) is 36.5 Å². The van der Waals surface area contributed by atoms with Crippen LogP contribution in [0.5, 0.6) is 5.75 Å². The van der Waals surface area contributed by atoms with E-state index in [2.05, 4.69) is 16.9 Å². The Labute approximate surface area is 110 Å². The van der Waals surface area contributed by atoms with Crippen molar-refractivity contribution >= 4 is 17.4 Å². The Hall–Kier alpha value is -1.63. The van der Waals surface area contributed by atoms with Gasteiger partial charge in [-0.25, -0.2) is 4.89 Å². The third-order valence-electron chi connectivity index (χ3n) is 1.77. The van der Waals surface area contributed by atoms with Crippen molar-refractivity contribution in [3.8, 4) is 5.75 Å². The molecule has 0 amide bonds. The Balaban J connectivity index is 0.00000137. The van der Waals surface area contributed by atoms with E-state index in [9.17, 15) is 0 Å². The fraction of sp³-hybridized carbons (Fsp3) is 0.273. The summed E-state index contributed by atoms with van der Waals surface area (Å²) in [5.41, 5.74) is 0.849. The van der Waals surface area contributed by atoms with Gasteiger partial charge in [0.1, 0.15) is 12.4 Å². The number of rotatable bonds is 5. The topological polar surface area (TPSA) is 79.8 Å². The molecule has 6 nitrogen and oxygen atoms in total. The summed E-state index contributed by atoms with van der Waals surface area (Å²) < 4.78 is 17.8. The van der Waals surface area contributed by atoms with Gasteiger partial charge in [-0.2, -0.15) is 0 Å². The van der Waals surface area contributed by atoms with Crippen molar-refractivity contribution in [2.75, 3.05) is 13.8 Å². The number of thiocarbonyl (C=S) groups is 1. The molecular weight excluding hydrogens is 258 g/mol. The number of ether oxygens (including phenoxy) is 2. The maximum absolute atomic E-state index is 8.25. The Morgan fingerprint density at radius 1 is 1.39 bits per heavy atom. The van der Waals surface area contributed by atoms with E-state index in [1.54, 1.807) is 31.3 Å². The number of hydrogen-bond acceptors (Lipinski definition) is 5. The van der Waals surface area contributed by atoms with Crippen LogP contribution in [-0.2, 0) is 20.9 Å². The predicted molar refractivity (Wildman–Crippen MR) is 66.0 cm³/mol. The molecule has 0 aliphatic heterocycles. The number of nitrogens with one attached hydrogen (secondary N) is 1. The molecule has 0 bridgehead atoms. The molecular formula is C11H13NO5S. The molecule has 0 saturated heterocycles. The first-order valence-corrected chi connectivity index (χ1v) is 5.20. The zero-order valence-corrected chi connectivity index (χ0v) is 10.5. The van der Waals surface area contributed by atoms with E-state index >= 15 is 0 Å². The molecule has 0 heterocycles. The second kappa shape index (κ2) is 10.5. The molecule has 0 saturated carbocycles. The summed E-state index contributed by atoms with van der Waals surface area (Å²) in [6.45, 7) is 4.70. The van der Waals surface area contributed by atoms with Crippen LogP contribution in [0, 0.1) is 6.65 Å². The molecule has 0 atom stereocenters. The molecule has 1 aromatic rings. The summed E-state index contributed by atoms with van der Waals surface area (Å²) in [5.74, 6) is 0.653. The summed E-state index contributed by atoms with van der Waals surface area (Å²) in [4.78, 5) is 4.00. The van der Waals surface area contributed by atoms with Crippen LogP contribution >= 0.6 is 12.2 Å². The van der Waals surface area contributed by atoms with E-state index in [1.165, 1.54) is 0 Å². The SMILES string of the molecule is CNC(=S)OCOc1ccc(COO)cc1.[C-]#[O+]. The first-order chi connectivity index (χ1) is 8.76. The minimum atomic E-state index is 0.0511. The van der Waals surface area contributed by atoms with Gasteiger partial charge in [0, 0.05) is 7.05 Å². The second-order valence-corrected chi connectivity index (χ2v) is 3.23. The normalized spacial score (nSPS) is 8.67. The molecule has 18 heavy (non-hydrogen) atoms. The van der Waals surface area contributed by atoms with Gasteiger partial charge in [-0.1, -0.05) is 12.1 Å². The molecule has 0 aromatic heterocycles. The fourth-order valence-electron chi connectivity index (χ4n) is 0.980. The summed E-state index contributed by atoms with van der Waals surface area (Å²) >= 11 is 4.77. The molecule has 0 radical (unpaired) electrons. The third kappa shape index (κ3) is 6.85. The third-order valence-corrected chi connectivity index (χ3v) is 2.10.